The Morgan fingerprint density at radius 1 is 1.18 bits per heavy atom. The summed E-state index contributed by atoms with van der Waals surface area (Å²) in [5.74, 6) is 0.598. The summed E-state index contributed by atoms with van der Waals surface area (Å²) in [6.45, 7) is 12.5. The van der Waals surface area contributed by atoms with Gasteiger partial charge in [-0.15, -0.1) is 0 Å². The van der Waals surface area contributed by atoms with E-state index in [2.05, 4.69) is 53.1 Å². The van der Waals surface area contributed by atoms with Crippen LogP contribution in [-0.4, -0.2) is 87.8 Å². The van der Waals surface area contributed by atoms with Crippen LogP contribution in [0, 0.1) is 5.92 Å². The van der Waals surface area contributed by atoms with Gasteiger partial charge < -0.3 is 20.1 Å². The fourth-order valence-electron chi connectivity index (χ4n) is 5.99. The molecule has 2 aromatic rings. The van der Waals surface area contributed by atoms with Gasteiger partial charge in [0, 0.05) is 57.9 Å². The lowest BCUT2D eigenvalue weighted by Gasteiger charge is -2.43. The number of nitrogens with one attached hydrogen (secondary N) is 1. The third-order valence-corrected chi connectivity index (χ3v) is 7.58. The molecular weight excluding hydrogens is 432 g/mol. The summed E-state index contributed by atoms with van der Waals surface area (Å²) in [6, 6.07) is 4.82. The molecule has 3 fully saturated rings. The standard InChI is InChI=1S/C25H38N6O3/c1-17-14-28(8-9-29(17)16-21-10-18(2)34-19(3)11-21)15-20-4-7-31-22(12-20)23(13-26-31)30-6-5-24(32)27-25(30)33/h4,7,12-13,17-19,21,25,33H,5-6,8-11,14-16H2,1-3H3,(H,27,32)/t17-,18-,19+,21?,25?/m0/s1. The second-order valence-electron chi connectivity index (χ2n) is 10.5. The largest absolute Gasteiger partial charge is 0.376 e. The van der Waals surface area contributed by atoms with E-state index in [9.17, 15) is 9.90 Å². The highest BCUT2D eigenvalue weighted by Gasteiger charge is 2.30. The highest BCUT2D eigenvalue weighted by Crippen LogP contribution is 2.28. The Bertz CT molecular complexity index is 1000. The van der Waals surface area contributed by atoms with Crippen molar-refractivity contribution in [2.24, 2.45) is 5.92 Å². The van der Waals surface area contributed by atoms with Crippen molar-refractivity contribution in [3.8, 4) is 0 Å². The van der Waals surface area contributed by atoms with Gasteiger partial charge in [0.05, 0.1) is 29.6 Å². The van der Waals surface area contributed by atoms with Gasteiger partial charge in [-0.05, 0) is 57.2 Å². The molecule has 0 radical (unpaired) electrons. The molecule has 2 unspecified atom stereocenters. The molecule has 1 amide bonds. The molecule has 3 aliphatic heterocycles. The molecule has 186 valence electrons. The summed E-state index contributed by atoms with van der Waals surface area (Å²) in [5, 5.41) is 17.4. The van der Waals surface area contributed by atoms with Gasteiger partial charge in [-0.3, -0.25) is 14.6 Å². The molecule has 0 aliphatic carbocycles. The van der Waals surface area contributed by atoms with Crippen molar-refractivity contribution in [1.82, 2.24) is 24.7 Å². The van der Waals surface area contributed by atoms with E-state index in [-0.39, 0.29) is 5.91 Å². The molecule has 5 rings (SSSR count). The molecule has 9 nitrogen and oxygen atoms in total. The minimum atomic E-state index is -1.02. The molecule has 0 aromatic carbocycles. The second kappa shape index (κ2) is 9.81. The number of ether oxygens (including phenoxy) is 1. The SMILES string of the molecule is C[C@@H]1CC(CN2CCN(Cc3ccn4ncc(N5CCC(=O)NC5O)c4c3)C[C@@H]2C)C[C@H](C)O1. The lowest BCUT2D eigenvalue weighted by molar-refractivity contribution is -0.125. The number of pyridine rings is 1. The van der Waals surface area contributed by atoms with Gasteiger partial charge in [0.2, 0.25) is 12.3 Å². The number of aliphatic hydroxyl groups excluding tert-OH is 1. The van der Waals surface area contributed by atoms with E-state index < -0.39 is 6.35 Å². The first-order valence-electron chi connectivity index (χ1n) is 12.7. The van der Waals surface area contributed by atoms with Crippen LogP contribution in [0.1, 0.15) is 45.6 Å². The summed E-state index contributed by atoms with van der Waals surface area (Å²) >= 11 is 0. The molecule has 34 heavy (non-hydrogen) atoms. The van der Waals surface area contributed by atoms with Gasteiger partial charge in [0.25, 0.3) is 0 Å². The summed E-state index contributed by atoms with van der Waals surface area (Å²) in [4.78, 5) is 18.6. The molecule has 5 heterocycles. The van der Waals surface area contributed by atoms with Crippen molar-refractivity contribution in [2.45, 2.75) is 71.2 Å². The summed E-state index contributed by atoms with van der Waals surface area (Å²) in [5.41, 5.74) is 3.02. The number of hydrogen-bond donors (Lipinski definition) is 2. The Morgan fingerprint density at radius 2 is 1.97 bits per heavy atom. The number of amides is 1. The van der Waals surface area contributed by atoms with Crippen LogP contribution in [0.5, 0.6) is 0 Å². The number of piperazine rings is 1. The van der Waals surface area contributed by atoms with Gasteiger partial charge >= 0.3 is 0 Å². The van der Waals surface area contributed by atoms with Crippen molar-refractivity contribution >= 4 is 17.1 Å². The van der Waals surface area contributed by atoms with E-state index in [0.717, 1.165) is 43.3 Å². The van der Waals surface area contributed by atoms with Crippen LogP contribution in [-0.2, 0) is 16.1 Å². The Balaban J connectivity index is 1.21. The number of aromatic nitrogens is 2. The van der Waals surface area contributed by atoms with Crippen LogP contribution in [0.3, 0.4) is 0 Å². The average Bonchev–Trinajstić information content (AvgIpc) is 3.18. The van der Waals surface area contributed by atoms with E-state index in [1.165, 1.54) is 24.9 Å². The lowest BCUT2D eigenvalue weighted by atomic mass is 9.91. The number of fused-ring (bicyclic) bond motifs is 1. The Morgan fingerprint density at radius 3 is 2.71 bits per heavy atom. The Labute approximate surface area is 201 Å². The van der Waals surface area contributed by atoms with Crippen LogP contribution in [0.15, 0.2) is 24.5 Å². The Hall–Kier alpha value is -2.20. The number of nitrogens with zero attached hydrogens (tertiary/aromatic N) is 5. The quantitative estimate of drug-likeness (QED) is 0.687. The normalized spacial score (nSPS) is 31.7. The number of aliphatic hydroxyl groups is 1. The molecule has 9 heteroatoms. The fourth-order valence-corrected chi connectivity index (χ4v) is 5.99. The van der Waals surface area contributed by atoms with Crippen molar-refractivity contribution in [3.63, 3.8) is 0 Å². The summed E-state index contributed by atoms with van der Waals surface area (Å²) in [6.07, 6.45) is 6.16. The zero-order valence-electron chi connectivity index (χ0n) is 20.6. The minimum absolute atomic E-state index is 0.130. The number of anilines is 1. The molecule has 3 aliphatic rings. The Kier molecular flexibility index (Phi) is 6.79. The molecule has 2 N–H and O–H groups in total. The monoisotopic (exact) mass is 470 g/mol. The fraction of sp³-hybridized carbons (Fsp3) is 0.680. The first-order chi connectivity index (χ1) is 16.4. The zero-order valence-corrected chi connectivity index (χ0v) is 20.6. The van der Waals surface area contributed by atoms with Crippen LogP contribution < -0.4 is 10.2 Å². The molecule has 0 bridgehead atoms. The van der Waals surface area contributed by atoms with Gasteiger partial charge in [-0.2, -0.15) is 5.10 Å². The van der Waals surface area contributed by atoms with Crippen molar-refractivity contribution in [1.29, 1.82) is 0 Å². The zero-order chi connectivity index (χ0) is 23.8. The highest BCUT2D eigenvalue weighted by atomic mass is 16.5. The third-order valence-electron chi connectivity index (χ3n) is 7.58. The predicted molar refractivity (Wildman–Crippen MR) is 130 cm³/mol. The van der Waals surface area contributed by atoms with Crippen LogP contribution in [0.2, 0.25) is 0 Å². The van der Waals surface area contributed by atoms with Crippen molar-refractivity contribution < 1.29 is 14.6 Å². The average molecular weight is 471 g/mol. The van der Waals surface area contributed by atoms with E-state index in [0.29, 0.717) is 31.2 Å². The van der Waals surface area contributed by atoms with E-state index in [1.807, 2.05) is 10.7 Å². The highest BCUT2D eigenvalue weighted by molar-refractivity contribution is 5.81. The number of carbonyl (C=O) groups is 1. The van der Waals surface area contributed by atoms with Gasteiger partial charge in [-0.1, -0.05) is 0 Å². The predicted octanol–water partition coefficient (Wildman–Crippen LogP) is 1.65. The van der Waals surface area contributed by atoms with Gasteiger partial charge in [-0.25, -0.2) is 4.52 Å². The first-order valence-corrected chi connectivity index (χ1v) is 12.7. The van der Waals surface area contributed by atoms with E-state index in [1.54, 1.807) is 11.1 Å². The first kappa shape index (κ1) is 23.5. The third kappa shape index (κ3) is 5.07. The van der Waals surface area contributed by atoms with Crippen molar-refractivity contribution in [2.75, 3.05) is 37.6 Å². The molecule has 0 spiro atoms. The smallest absolute Gasteiger partial charge is 0.225 e. The van der Waals surface area contributed by atoms with Crippen molar-refractivity contribution in [3.05, 3.63) is 30.1 Å². The second-order valence-corrected chi connectivity index (χ2v) is 10.5. The summed E-state index contributed by atoms with van der Waals surface area (Å²) < 4.78 is 7.76. The summed E-state index contributed by atoms with van der Waals surface area (Å²) in [7, 11) is 0. The molecule has 2 aromatic heterocycles. The minimum Gasteiger partial charge on any atom is -0.376 e. The van der Waals surface area contributed by atoms with Crippen LogP contribution in [0.25, 0.3) is 5.52 Å². The van der Waals surface area contributed by atoms with E-state index >= 15 is 0 Å². The van der Waals surface area contributed by atoms with Crippen LogP contribution >= 0.6 is 0 Å². The maximum absolute atomic E-state index is 11.6. The molecule has 5 atom stereocenters. The maximum Gasteiger partial charge on any atom is 0.225 e. The van der Waals surface area contributed by atoms with Gasteiger partial charge in [0.1, 0.15) is 0 Å². The molecular formula is C25H38N6O3. The maximum atomic E-state index is 11.6. The molecule has 3 saturated heterocycles. The number of rotatable bonds is 5. The van der Waals surface area contributed by atoms with Crippen LogP contribution in [0.4, 0.5) is 5.69 Å². The lowest BCUT2D eigenvalue weighted by Crippen LogP contribution is -2.54. The van der Waals surface area contributed by atoms with E-state index in [4.69, 9.17) is 4.74 Å². The topological polar surface area (TPSA) is 85.6 Å². The molecule has 0 saturated carbocycles. The number of hydrogen-bond acceptors (Lipinski definition) is 7. The van der Waals surface area contributed by atoms with Gasteiger partial charge in [0.15, 0.2) is 0 Å². The number of carbonyl (C=O) groups excluding carboxylic acids is 1.